The first-order valence-electron chi connectivity index (χ1n) is 14.0. The van der Waals surface area contributed by atoms with Crippen LogP contribution in [0, 0.1) is 0 Å². The van der Waals surface area contributed by atoms with E-state index in [9.17, 15) is 31.2 Å². The molecule has 3 aromatic carbocycles. The Morgan fingerprint density at radius 1 is 0.955 bits per heavy atom. The smallest absolute Gasteiger partial charge is 0.352 e. The van der Waals surface area contributed by atoms with Crippen LogP contribution in [-0.4, -0.2) is 50.0 Å². The van der Waals surface area contributed by atoms with Gasteiger partial charge >= 0.3 is 6.18 Å². The van der Waals surface area contributed by atoms with Crippen LogP contribution in [0.2, 0.25) is 10.0 Å². The molecule has 1 aliphatic carbocycles. The maximum Gasteiger partial charge on any atom is 0.417 e. The molecule has 1 N–H and O–H groups in total. The number of benzene rings is 3. The van der Waals surface area contributed by atoms with Crippen molar-refractivity contribution in [2.45, 2.75) is 56.9 Å². The van der Waals surface area contributed by atoms with Gasteiger partial charge in [0.25, 0.3) is 0 Å². The molecule has 0 aliphatic heterocycles. The summed E-state index contributed by atoms with van der Waals surface area (Å²) in [6.07, 6.45) is -0.468. The number of hydrogen-bond donors (Lipinski definition) is 1. The average molecular weight is 671 g/mol. The number of rotatable bonds is 11. The Labute approximate surface area is 265 Å². The molecule has 1 saturated carbocycles. The summed E-state index contributed by atoms with van der Waals surface area (Å²) in [5.41, 5.74) is -0.386. The van der Waals surface area contributed by atoms with Crippen LogP contribution in [-0.2, 0) is 38.8 Å². The number of halogens is 5. The zero-order valence-corrected chi connectivity index (χ0v) is 26.2. The number of amides is 2. The molecule has 0 aromatic heterocycles. The van der Waals surface area contributed by atoms with Crippen molar-refractivity contribution in [2.24, 2.45) is 0 Å². The highest BCUT2D eigenvalue weighted by atomic mass is 35.5. The van der Waals surface area contributed by atoms with Gasteiger partial charge < -0.3 is 10.2 Å². The van der Waals surface area contributed by atoms with Gasteiger partial charge in [-0.25, -0.2) is 8.42 Å². The summed E-state index contributed by atoms with van der Waals surface area (Å²) >= 11 is 12.2. The average Bonchev–Trinajstić information content (AvgIpc) is 3.47. The molecule has 13 heteroatoms. The maximum atomic E-state index is 14.2. The highest BCUT2D eigenvalue weighted by molar-refractivity contribution is 7.92. The lowest BCUT2D eigenvalue weighted by molar-refractivity contribution is -0.140. The van der Waals surface area contributed by atoms with E-state index < -0.39 is 56.9 Å². The third kappa shape index (κ3) is 8.67. The molecule has 4 rings (SSSR count). The quantitative estimate of drug-likeness (QED) is 0.253. The van der Waals surface area contributed by atoms with Gasteiger partial charge in [-0.1, -0.05) is 84.6 Å². The van der Waals surface area contributed by atoms with Gasteiger partial charge in [0, 0.05) is 24.0 Å². The van der Waals surface area contributed by atoms with Crippen molar-refractivity contribution < 1.29 is 31.2 Å². The van der Waals surface area contributed by atoms with Crippen molar-refractivity contribution in [3.8, 4) is 0 Å². The Morgan fingerprint density at radius 3 is 2.20 bits per heavy atom. The summed E-state index contributed by atoms with van der Waals surface area (Å²) in [7, 11) is -4.28. The van der Waals surface area contributed by atoms with E-state index in [2.05, 4.69) is 5.32 Å². The first kappa shape index (κ1) is 33.6. The van der Waals surface area contributed by atoms with Crippen molar-refractivity contribution in [3.63, 3.8) is 0 Å². The second kappa shape index (κ2) is 14.2. The molecular formula is C31H32Cl2F3N3O4S. The monoisotopic (exact) mass is 669 g/mol. The minimum Gasteiger partial charge on any atom is -0.352 e. The first-order valence-corrected chi connectivity index (χ1v) is 16.6. The molecular weight excluding hydrogens is 638 g/mol. The molecule has 1 aliphatic rings. The van der Waals surface area contributed by atoms with Crippen LogP contribution in [0.5, 0.6) is 0 Å². The van der Waals surface area contributed by atoms with E-state index in [0.717, 1.165) is 49.6 Å². The van der Waals surface area contributed by atoms with Gasteiger partial charge in [0.05, 0.1) is 22.5 Å². The second-order valence-electron chi connectivity index (χ2n) is 10.7. The van der Waals surface area contributed by atoms with Crippen molar-refractivity contribution >= 4 is 50.7 Å². The van der Waals surface area contributed by atoms with E-state index in [1.54, 1.807) is 36.4 Å². The van der Waals surface area contributed by atoms with Crippen LogP contribution in [0.4, 0.5) is 18.9 Å². The van der Waals surface area contributed by atoms with E-state index in [-0.39, 0.29) is 19.0 Å². The zero-order chi connectivity index (χ0) is 32.1. The highest BCUT2D eigenvalue weighted by Gasteiger charge is 2.37. The molecule has 1 fully saturated rings. The van der Waals surface area contributed by atoms with Gasteiger partial charge in [0.1, 0.15) is 12.6 Å². The van der Waals surface area contributed by atoms with Crippen molar-refractivity contribution in [1.82, 2.24) is 10.2 Å². The number of alkyl halides is 3. The van der Waals surface area contributed by atoms with Gasteiger partial charge in [-0.2, -0.15) is 13.2 Å². The number of sulfonamides is 1. The molecule has 7 nitrogen and oxygen atoms in total. The number of nitrogens with one attached hydrogen (secondary N) is 1. The van der Waals surface area contributed by atoms with E-state index in [0.29, 0.717) is 21.0 Å². The lowest BCUT2D eigenvalue weighted by Crippen LogP contribution is -2.54. The van der Waals surface area contributed by atoms with E-state index in [1.165, 1.54) is 4.90 Å². The number of anilines is 1. The van der Waals surface area contributed by atoms with Gasteiger partial charge in [0.2, 0.25) is 21.8 Å². The number of nitrogens with zero attached hydrogens (tertiary/aromatic N) is 2. The third-order valence-electron chi connectivity index (χ3n) is 7.49. The molecule has 0 bridgehead atoms. The Kier molecular flexibility index (Phi) is 10.9. The molecule has 3 aromatic rings. The fourth-order valence-corrected chi connectivity index (χ4v) is 6.49. The normalized spacial score (nSPS) is 14.7. The molecule has 44 heavy (non-hydrogen) atoms. The lowest BCUT2D eigenvalue weighted by atomic mass is 10.0. The molecule has 1 atom stereocenters. The van der Waals surface area contributed by atoms with Crippen LogP contribution in [0.3, 0.4) is 0 Å². The summed E-state index contributed by atoms with van der Waals surface area (Å²) in [6, 6.07) is 17.2. The number of carbonyl (C=O) groups is 2. The fourth-order valence-electron chi connectivity index (χ4n) is 5.23. The molecule has 0 radical (unpaired) electrons. The standard InChI is InChI=1S/C31H32Cl2F3N3O4S/c1-44(42,43)39(24-15-16-27(33)25(18-24)31(34,35)36)20-29(40)38(19-22-11-5-8-14-26(22)32)28(17-21-9-3-2-4-10-21)30(41)37-23-12-6-7-13-23/h2-5,8-11,14-16,18,23,28H,6-7,12-13,17,19-20H2,1H3,(H,37,41). The minimum atomic E-state index is -4.87. The van der Waals surface area contributed by atoms with Crippen LogP contribution >= 0.6 is 23.2 Å². The molecule has 236 valence electrons. The summed E-state index contributed by atoms with van der Waals surface area (Å²) in [5.74, 6) is -1.22. The van der Waals surface area contributed by atoms with Gasteiger partial charge in [0.15, 0.2) is 0 Å². The maximum absolute atomic E-state index is 14.2. The highest BCUT2D eigenvalue weighted by Crippen LogP contribution is 2.37. The van der Waals surface area contributed by atoms with Crippen molar-refractivity contribution in [3.05, 3.63) is 99.5 Å². The number of carbonyl (C=O) groups excluding carboxylic acids is 2. The predicted octanol–water partition coefficient (Wildman–Crippen LogP) is 6.48. The summed E-state index contributed by atoms with van der Waals surface area (Å²) in [6.45, 7) is -1.02. The Hall–Kier alpha value is -3.28. The van der Waals surface area contributed by atoms with Crippen molar-refractivity contribution in [2.75, 3.05) is 17.1 Å². The lowest BCUT2D eigenvalue weighted by Gasteiger charge is -2.34. The molecule has 2 amide bonds. The zero-order valence-electron chi connectivity index (χ0n) is 23.9. The van der Waals surface area contributed by atoms with Gasteiger partial charge in [-0.15, -0.1) is 0 Å². The Morgan fingerprint density at radius 2 is 1.59 bits per heavy atom. The Bertz CT molecular complexity index is 1580. The van der Waals surface area contributed by atoms with Crippen LogP contribution in [0.25, 0.3) is 0 Å². The summed E-state index contributed by atoms with van der Waals surface area (Å²) < 4.78 is 67.3. The SMILES string of the molecule is CS(=O)(=O)N(CC(=O)N(Cc1ccccc1Cl)C(Cc1ccccc1)C(=O)NC1CCCC1)c1ccc(Cl)c(C(F)(F)F)c1. The number of hydrogen-bond acceptors (Lipinski definition) is 4. The second-order valence-corrected chi connectivity index (χ2v) is 13.5. The van der Waals surface area contributed by atoms with E-state index in [1.807, 2.05) is 18.2 Å². The Balaban J connectivity index is 1.76. The van der Waals surface area contributed by atoms with E-state index in [4.69, 9.17) is 23.2 Å². The molecule has 1 unspecified atom stereocenters. The summed E-state index contributed by atoms with van der Waals surface area (Å²) in [5, 5.41) is 2.75. The van der Waals surface area contributed by atoms with Crippen LogP contribution in [0.15, 0.2) is 72.8 Å². The van der Waals surface area contributed by atoms with Crippen LogP contribution < -0.4 is 9.62 Å². The fraction of sp³-hybridized carbons (Fsp3) is 0.355. The molecule has 0 spiro atoms. The first-order chi connectivity index (χ1) is 20.7. The van der Waals surface area contributed by atoms with Crippen molar-refractivity contribution in [1.29, 1.82) is 0 Å². The third-order valence-corrected chi connectivity index (χ3v) is 9.33. The van der Waals surface area contributed by atoms with Crippen LogP contribution in [0.1, 0.15) is 42.4 Å². The van der Waals surface area contributed by atoms with Gasteiger partial charge in [-0.05, 0) is 48.2 Å². The van der Waals surface area contributed by atoms with E-state index >= 15 is 0 Å². The summed E-state index contributed by atoms with van der Waals surface area (Å²) in [4.78, 5) is 29.3. The predicted molar refractivity (Wildman–Crippen MR) is 165 cm³/mol. The minimum absolute atomic E-state index is 0.0691. The molecule has 0 heterocycles. The largest absolute Gasteiger partial charge is 0.417 e. The van der Waals surface area contributed by atoms with Gasteiger partial charge in [-0.3, -0.25) is 13.9 Å². The molecule has 0 saturated heterocycles. The topological polar surface area (TPSA) is 86.8 Å².